The zero-order valence-electron chi connectivity index (χ0n) is 12.1. The van der Waals surface area contributed by atoms with Crippen molar-refractivity contribution in [3.63, 3.8) is 0 Å². The van der Waals surface area contributed by atoms with Crippen molar-refractivity contribution in [1.82, 2.24) is 5.32 Å². The van der Waals surface area contributed by atoms with E-state index in [-0.39, 0.29) is 5.91 Å². The van der Waals surface area contributed by atoms with Crippen LogP contribution >= 0.6 is 11.6 Å². The van der Waals surface area contributed by atoms with Gasteiger partial charge in [-0.2, -0.15) is 0 Å². The van der Waals surface area contributed by atoms with E-state index in [0.717, 1.165) is 27.7 Å². The predicted octanol–water partition coefficient (Wildman–Crippen LogP) is 1.31. The predicted molar refractivity (Wildman–Crippen MR) is 82.3 cm³/mol. The van der Waals surface area contributed by atoms with Crippen molar-refractivity contribution in [2.24, 2.45) is 0 Å². The summed E-state index contributed by atoms with van der Waals surface area (Å²) in [4.78, 5) is 12.9. The third kappa shape index (κ3) is 5.61. The van der Waals surface area contributed by atoms with Gasteiger partial charge in [0.15, 0.2) is 12.3 Å². The lowest BCUT2D eigenvalue weighted by molar-refractivity contribution is -0.886. The van der Waals surface area contributed by atoms with Crippen LogP contribution in [0.1, 0.15) is 11.3 Å². The third-order valence-electron chi connectivity index (χ3n) is 3.14. The molecule has 0 aliphatic rings. The molecule has 0 bridgehead atoms. The first-order valence-electron chi connectivity index (χ1n) is 6.98. The largest absolute Gasteiger partial charge is 0.463 e. The molecule has 1 aromatic heterocycles. The van der Waals surface area contributed by atoms with Gasteiger partial charge in [0.05, 0.1) is 13.3 Å². The Labute approximate surface area is 129 Å². The Morgan fingerprint density at radius 2 is 2.19 bits per heavy atom. The van der Waals surface area contributed by atoms with Crippen molar-refractivity contribution in [1.29, 1.82) is 0 Å². The molecule has 112 valence electrons. The fraction of sp³-hybridized carbons (Fsp3) is 0.312. The summed E-state index contributed by atoms with van der Waals surface area (Å²) in [7, 11) is 1.97. The zero-order chi connectivity index (χ0) is 15.1. The van der Waals surface area contributed by atoms with Crippen LogP contribution in [0.25, 0.3) is 0 Å². The number of amides is 1. The van der Waals surface area contributed by atoms with E-state index in [2.05, 4.69) is 5.32 Å². The van der Waals surface area contributed by atoms with Crippen molar-refractivity contribution in [3.8, 4) is 0 Å². The highest BCUT2D eigenvalue weighted by atomic mass is 35.5. The lowest BCUT2D eigenvalue weighted by atomic mass is 10.1. The molecular formula is C16H20ClN2O2+. The van der Waals surface area contributed by atoms with Crippen molar-refractivity contribution >= 4 is 17.5 Å². The molecule has 2 rings (SSSR count). The maximum Gasteiger partial charge on any atom is 0.275 e. The van der Waals surface area contributed by atoms with E-state index in [0.29, 0.717) is 19.6 Å². The maximum atomic E-state index is 11.9. The molecular weight excluding hydrogens is 288 g/mol. The quantitative estimate of drug-likeness (QED) is 0.810. The lowest BCUT2D eigenvalue weighted by Gasteiger charge is -2.12. The summed E-state index contributed by atoms with van der Waals surface area (Å²) in [5.41, 5.74) is 1.12. The molecule has 1 heterocycles. The van der Waals surface area contributed by atoms with Gasteiger partial charge >= 0.3 is 0 Å². The Morgan fingerprint density at radius 3 is 2.90 bits per heavy atom. The number of hydrogen-bond donors (Lipinski definition) is 2. The Hall–Kier alpha value is -1.78. The second-order valence-electron chi connectivity index (χ2n) is 5.12. The van der Waals surface area contributed by atoms with Gasteiger partial charge in [0.1, 0.15) is 6.54 Å². The standard InChI is InChI=1S/C16H19ClN2O2/c1-19(11-15-6-3-9-21-15)12-16(20)18-8-7-13-4-2-5-14(17)10-13/h2-6,9-10H,7-8,11-12H2,1H3,(H,18,20)/p+1. The highest BCUT2D eigenvalue weighted by Crippen LogP contribution is 2.10. The van der Waals surface area contributed by atoms with Gasteiger partial charge < -0.3 is 14.6 Å². The molecule has 1 aromatic carbocycles. The Kier molecular flexibility index (Phi) is 5.84. The Balaban J connectivity index is 1.67. The van der Waals surface area contributed by atoms with Crippen LogP contribution in [0, 0.1) is 0 Å². The minimum absolute atomic E-state index is 0.0427. The van der Waals surface area contributed by atoms with Gasteiger partial charge in [-0.25, -0.2) is 0 Å². The monoisotopic (exact) mass is 307 g/mol. The molecule has 0 radical (unpaired) electrons. The first kappa shape index (κ1) is 15.6. The summed E-state index contributed by atoms with van der Waals surface area (Å²) in [5.74, 6) is 0.931. The van der Waals surface area contributed by atoms with Crippen LogP contribution in [0.2, 0.25) is 5.02 Å². The van der Waals surface area contributed by atoms with Crippen LogP contribution in [0.3, 0.4) is 0 Å². The molecule has 0 aliphatic carbocycles. The summed E-state index contributed by atoms with van der Waals surface area (Å²) in [6, 6.07) is 11.5. The topological polar surface area (TPSA) is 46.7 Å². The SMILES string of the molecule is C[NH+](CC(=O)NCCc1cccc(Cl)c1)Cc1ccco1. The first-order chi connectivity index (χ1) is 10.1. The smallest absolute Gasteiger partial charge is 0.275 e. The molecule has 4 nitrogen and oxygen atoms in total. The number of furan rings is 1. The highest BCUT2D eigenvalue weighted by Gasteiger charge is 2.11. The number of quaternary nitrogens is 1. The van der Waals surface area contributed by atoms with E-state index in [4.69, 9.17) is 16.0 Å². The summed E-state index contributed by atoms with van der Waals surface area (Å²) in [6.07, 6.45) is 2.43. The van der Waals surface area contributed by atoms with Gasteiger partial charge in [-0.15, -0.1) is 0 Å². The van der Waals surface area contributed by atoms with Gasteiger partial charge in [0.25, 0.3) is 5.91 Å². The van der Waals surface area contributed by atoms with Gasteiger partial charge in [-0.3, -0.25) is 4.79 Å². The number of carbonyl (C=O) groups is 1. The average molecular weight is 308 g/mol. The number of carbonyl (C=O) groups excluding carboxylic acids is 1. The Bertz CT molecular complexity index is 569. The third-order valence-corrected chi connectivity index (χ3v) is 3.38. The minimum atomic E-state index is 0.0427. The molecule has 1 amide bonds. The van der Waals surface area contributed by atoms with Crippen LogP contribution in [-0.2, 0) is 17.8 Å². The number of likely N-dealkylation sites (N-methyl/N-ethyl adjacent to an activating group) is 1. The number of halogens is 1. The fourth-order valence-electron chi connectivity index (χ4n) is 2.15. The van der Waals surface area contributed by atoms with Gasteiger partial charge in [-0.1, -0.05) is 23.7 Å². The van der Waals surface area contributed by atoms with E-state index < -0.39 is 0 Å². The van der Waals surface area contributed by atoms with E-state index in [9.17, 15) is 4.79 Å². The fourth-order valence-corrected chi connectivity index (χ4v) is 2.36. The summed E-state index contributed by atoms with van der Waals surface area (Å²) in [5, 5.41) is 3.65. The van der Waals surface area contributed by atoms with Crippen LogP contribution < -0.4 is 10.2 Å². The van der Waals surface area contributed by atoms with Crippen LogP contribution in [0.4, 0.5) is 0 Å². The number of rotatable bonds is 7. The van der Waals surface area contributed by atoms with E-state index >= 15 is 0 Å². The first-order valence-corrected chi connectivity index (χ1v) is 7.36. The van der Waals surface area contributed by atoms with Crippen LogP contribution in [0.15, 0.2) is 47.1 Å². The van der Waals surface area contributed by atoms with Crippen molar-refractivity contribution in [3.05, 3.63) is 59.0 Å². The molecule has 0 fully saturated rings. The minimum Gasteiger partial charge on any atom is -0.463 e. The van der Waals surface area contributed by atoms with E-state index in [1.807, 2.05) is 43.4 Å². The van der Waals surface area contributed by atoms with Crippen LogP contribution in [0.5, 0.6) is 0 Å². The molecule has 21 heavy (non-hydrogen) atoms. The van der Waals surface area contributed by atoms with Gasteiger partial charge in [0.2, 0.25) is 0 Å². The summed E-state index contributed by atoms with van der Waals surface area (Å²) < 4.78 is 5.27. The van der Waals surface area contributed by atoms with Gasteiger partial charge in [-0.05, 0) is 36.2 Å². The normalized spacial score (nSPS) is 12.1. The summed E-state index contributed by atoms with van der Waals surface area (Å²) >= 11 is 5.92. The zero-order valence-corrected chi connectivity index (χ0v) is 12.8. The lowest BCUT2D eigenvalue weighted by Crippen LogP contribution is -3.08. The molecule has 0 saturated heterocycles. The average Bonchev–Trinajstić information content (AvgIpc) is 2.91. The molecule has 2 N–H and O–H groups in total. The molecule has 1 atom stereocenters. The number of hydrogen-bond acceptors (Lipinski definition) is 2. The van der Waals surface area contributed by atoms with Crippen molar-refractivity contribution < 1.29 is 14.1 Å². The summed E-state index contributed by atoms with van der Waals surface area (Å²) in [6.45, 7) is 1.75. The maximum absolute atomic E-state index is 11.9. The van der Waals surface area contributed by atoms with Crippen molar-refractivity contribution in [2.45, 2.75) is 13.0 Å². The second kappa shape index (κ2) is 7.86. The molecule has 5 heteroatoms. The van der Waals surface area contributed by atoms with E-state index in [1.165, 1.54) is 0 Å². The highest BCUT2D eigenvalue weighted by molar-refractivity contribution is 6.30. The molecule has 0 saturated carbocycles. The number of nitrogens with one attached hydrogen (secondary N) is 2. The molecule has 0 spiro atoms. The van der Waals surface area contributed by atoms with Crippen molar-refractivity contribution in [2.75, 3.05) is 20.1 Å². The van der Waals surface area contributed by atoms with Gasteiger partial charge in [0, 0.05) is 11.6 Å². The van der Waals surface area contributed by atoms with Crippen LogP contribution in [-0.4, -0.2) is 26.0 Å². The second-order valence-corrected chi connectivity index (χ2v) is 5.56. The van der Waals surface area contributed by atoms with E-state index in [1.54, 1.807) is 6.26 Å². The number of benzene rings is 1. The molecule has 0 aliphatic heterocycles. The molecule has 2 aromatic rings. The molecule has 1 unspecified atom stereocenters. The Morgan fingerprint density at radius 1 is 1.33 bits per heavy atom.